The molecule has 2 rings (SSSR count). The first kappa shape index (κ1) is 19.6. The first-order valence-electron chi connectivity index (χ1n) is 8.34. The van der Waals surface area contributed by atoms with E-state index in [1.54, 1.807) is 66.7 Å². The van der Waals surface area contributed by atoms with Gasteiger partial charge in [0.1, 0.15) is 0 Å². The SMILES string of the molecule is C=CC(CCC)O[Si](OC(=O)c1ccccc1)OC(=O)c1ccccc1. The van der Waals surface area contributed by atoms with Gasteiger partial charge in [-0.15, -0.1) is 6.58 Å². The van der Waals surface area contributed by atoms with Crippen LogP contribution in [0.4, 0.5) is 0 Å². The van der Waals surface area contributed by atoms with Gasteiger partial charge in [0.25, 0.3) is 0 Å². The summed E-state index contributed by atoms with van der Waals surface area (Å²) in [4.78, 5) is 24.6. The lowest BCUT2D eigenvalue weighted by Crippen LogP contribution is -2.35. The van der Waals surface area contributed by atoms with Crippen molar-refractivity contribution in [1.82, 2.24) is 0 Å². The Labute approximate surface area is 155 Å². The third kappa shape index (κ3) is 5.98. The van der Waals surface area contributed by atoms with Crippen molar-refractivity contribution < 1.29 is 22.9 Å². The van der Waals surface area contributed by atoms with Crippen molar-refractivity contribution in [3.63, 3.8) is 0 Å². The van der Waals surface area contributed by atoms with Gasteiger partial charge in [0.15, 0.2) is 0 Å². The van der Waals surface area contributed by atoms with Crippen molar-refractivity contribution >= 4 is 21.5 Å². The fourth-order valence-electron chi connectivity index (χ4n) is 2.12. The summed E-state index contributed by atoms with van der Waals surface area (Å²) in [5.74, 6) is -1.20. The minimum Gasteiger partial charge on any atom is -0.457 e. The fourth-order valence-corrected chi connectivity index (χ4v) is 3.26. The van der Waals surface area contributed by atoms with Crippen molar-refractivity contribution in [3.05, 3.63) is 84.4 Å². The molecule has 0 spiro atoms. The predicted molar refractivity (Wildman–Crippen MR) is 99.4 cm³/mol. The molecule has 0 fully saturated rings. The second kappa shape index (κ2) is 10.3. The second-order valence-electron chi connectivity index (χ2n) is 5.44. The molecule has 2 aromatic carbocycles. The lowest BCUT2D eigenvalue weighted by atomic mass is 10.2. The molecule has 0 aromatic heterocycles. The molecule has 0 aliphatic rings. The van der Waals surface area contributed by atoms with Gasteiger partial charge >= 0.3 is 21.5 Å². The van der Waals surface area contributed by atoms with E-state index in [1.165, 1.54) is 0 Å². The van der Waals surface area contributed by atoms with Crippen molar-refractivity contribution in [3.8, 4) is 0 Å². The van der Waals surface area contributed by atoms with E-state index in [0.29, 0.717) is 17.5 Å². The summed E-state index contributed by atoms with van der Waals surface area (Å²) >= 11 is 0. The smallest absolute Gasteiger partial charge is 0.457 e. The van der Waals surface area contributed by atoms with Crippen LogP contribution in [0.25, 0.3) is 0 Å². The molecule has 26 heavy (non-hydrogen) atoms. The van der Waals surface area contributed by atoms with Gasteiger partial charge in [0.05, 0.1) is 17.2 Å². The van der Waals surface area contributed by atoms with Crippen LogP contribution in [-0.4, -0.2) is 27.6 Å². The van der Waals surface area contributed by atoms with Crippen LogP contribution in [0.1, 0.15) is 40.5 Å². The Balaban J connectivity index is 2.11. The third-order valence-electron chi connectivity index (χ3n) is 3.45. The zero-order chi connectivity index (χ0) is 18.8. The molecular formula is C20H21O5Si. The Morgan fingerprint density at radius 3 is 1.81 bits per heavy atom. The first-order valence-corrected chi connectivity index (χ1v) is 9.57. The molecule has 1 atom stereocenters. The van der Waals surface area contributed by atoms with Gasteiger partial charge in [-0.3, -0.25) is 0 Å². The number of carbonyl (C=O) groups excluding carboxylic acids is 2. The van der Waals surface area contributed by atoms with Crippen molar-refractivity contribution in [2.24, 2.45) is 0 Å². The van der Waals surface area contributed by atoms with Crippen LogP contribution in [0.2, 0.25) is 0 Å². The van der Waals surface area contributed by atoms with Crippen LogP contribution in [0.3, 0.4) is 0 Å². The van der Waals surface area contributed by atoms with Crippen LogP contribution in [0.5, 0.6) is 0 Å². The Bertz CT molecular complexity index is 664. The van der Waals surface area contributed by atoms with E-state index >= 15 is 0 Å². The highest BCUT2D eigenvalue weighted by Gasteiger charge is 2.33. The standard InChI is InChI=1S/C20H21O5Si/c1-3-11-18(4-2)23-26(24-19(21)16-12-7-5-8-13-16)25-20(22)17-14-9-6-10-15-17/h4-10,12-15,18H,2-3,11H2,1H3. The Morgan fingerprint density at radius 1 is 0.962 bits per heavy atom. The molecule has 1 radical (unpaired) electrons. The van der Waals surface area contributed by atoms with Crippen molar-refractivity contribution in [2.45, 2.75) is 25.9 Å². The summed E-state index contributed by atoms with van der Waals surface area (Å²) in [5, 5.41) is 0. The minimum atomic E-state index is -2.64. The highest BCUT2D eigenvalue weighted by atomic mass is 28.3. The average Bonchev–Trinajstić information content (AvgIpc) is 2.68. The maximum atomic E-state index is 12.3. The van der Waals surface area contributed by atoms with Crippen LogP contribution in [0, 0.1) is 0 Å². The number of carbonyl (C=O) groups is 2. The first-order chi connectivity index (χ1) is 12.6. The average molecular weight is 369 g/mol. The van der Waals surface area contributed by atoms with Crippen molar-refractivity contribution in [2.75, 3.05) is 0 Å². The zero-order valence-corrected chi connectivity index (χ0v) is 15.6. The maximum Gasteiger partial charge on any atom is 0.741 e. The van der Waals surface area contributed by atoms with E-state index < -0.39 is 21.5 Å². The number of benzene rings is 2. The second-order valence-corrected chi connectivity index (χ2v) is 6.59. The van der Waals surface area contributed by atoms with Gasteiger partial charge in [-0.25, -0.2) is 9.59 Å². The fraction of sp³-hybridized carbons (Fsp3) is 0.200. The molecule has 0 heterocycles. The molecular weight excluding hydrogens is 348 g/mol. The quantitative estimate of drug-likeness (QED) is 0.493. The molecule has 135 valence electrons. The van der Waals surface area contributed by atoms with E-state index in [4.69, 9.17) is 13.3 Å². The molecule has 0 N–H and O–H groups in total. The number of hydrogen-bond donors (Lipinski definition) is 0. The summed E-state index contributed by atoms with van der Waals surface area (Å²) < 4.78 is 16.4. The molecule has 0 saturated heterocycles. The molecule has 0 aliphatic carbocycles. The number of rotatable bonds is 9. The normalized spacial score (nSPS) is 11.6. The maximum absolute atomic E-state index is 12.3. The Kier molecular flexibility index (Phi) is 7.79. The van der Waals surface area contributed by atoms with Crippen LogP contribution < -0.4 is 0 Å². The largest absolute Gasteiger partial charge is 0.741 e. The van der Waals surface area contributed by atoms with Crippen LogP contribution in [0.15, 0.2) is 73.3 Å². The summed E-state index contributed by atoms with van der Waals surface area (Å²) in [7, 11) is -2.64. The molecule has 2 aromatic rings. The predicted octanol–water partition coefficient (Wildman–Crippen LogP) is 4.06. The molecule has 0 aliphatic heterocycles. The molecule has 5 nitrogen and oxygen atoms in total. The van der Waals surface area contributed by atoms with Gasteiger partial charge in [0, 0.05) is 0 Å². The van der Waals surface area contributed by atoms with Gasteiger partial charge in [-0.05, 0) is 30.7 Å². The number of hydrogen-bond acceptors (Lipinski definition) is 5. The Hall–Kier alpha value is -2.70. The minimum absolute atomic E-state index is 0.360. The lowest BCUT2D eigenvalue weighted by molar-refractivity contribution is 0.0397. The van der Waals surface area contributed by atoms with E-state index in [9.17, 15) is 9.59 Å². The summed E-state index contributed by atoms with van der Waals surface area (Å²) in [6.45, 7) is 5.72. The van der Waals surface area contributed by atoms with Gasteiger partial charge in [-0.2, -0.15) is 0 Å². The van der Waals surface area contributed by atoms with Crippen LogP contribution >= 0.6 is 0 Å². The molecule has 0 amide bonds. The molecule has 6 heteroatoms. The third-order valence-corrected chi connectivity index (χ3v) is 4.65. The Morgan fingerprint density at radius 2 is 1.42 bits per heavy atom. The zero-order valence-electron chi connectivity index (χ0n) is 14.6. The van der Waals surface area contributed by atoms with Gasteiger partial charge in [0.2, 0.25) is 0 Å². The molecule has 1 unspecified atom stereocenters. The topological polar surface area (TPSA) is 61.8 Å². The summed E-state index contributed by atoms with van der Waals surface area (Å²) in [6, 6.07) is 17.0. The van der Waals surface area contributed by atoms with Gasteiger partial charge in [-0.1, -0.05) is 55.8 Å². The monoisotopic (exact) mass is 369 g/mol. The highest BCUT2D eigenvalue weighted by Crippen LogP contribution is 2.12. The summed E-state index contributed by atoms with van der Waals surface area (Å²) in [6.07, 6.45) is 2.79. The summed E-state index contributed by atoms with van der Waals surface area (Å²) in [5.41, 5.74) is 0.722. The molecule has 0 bridgehead atoms. The van der Waals surface area contributed by atoms with E-state index in [0.717, 1.165) is 6.42 Å². The van der Waals surface area contributed by atoms with E-state index in [1.807, 2.05) is 6.92 Å². The lowest BCUT2D eigenvalue weighted by Gasteiger charge is -2.18. The van der Waals surface area contributed by atoms with E-state index in [2.05, 4.69) is 6.58 Å². The highest BCUT2D eigenvalue weighted by molar-refractivity contribution is 6.43. The molecule has 0 saturated carbocycles. The van der Waals surface area contributed by atoms with Crippen molar-refractivity contribution in [1.29, 1.82) is 0 Å². The van der Waals surface area contributed by atoms with Gasteiger partial charge < -0.3 is 13.3 Å². The van der Waals surface area contributed by atoms with Crippen LogP contribution in [-0.2, 0) is 13.3 Å². The van der Waals surface area contributed by atoms with E-state index in [-0.39, 0.29) is 6.10 Å².